The van der Waals surface area contributed by atoms with E-state index in [1.807, 2.05) is 25.3 Å². The molecule has 3 aromatic rings. The summed E-state index contributed by atoms with van der Waals surface area (Å²) in [6.07, 6.45) is 7.05. The number of hydrogen-bond acceptors (Lipinski definition) is 7. The van der Waals surface area contributed by atoms with Gasteiger partial charge in [-0.15, -0.1) is 0 Å². The number of aryl methyl sites for hydroxylation is 1. The van der Waals surface area contributed by atoms with Crippen molar-refractivity contribution in [2.75, 3.05) is 17.2 Å². The molecule has 9 nitrogen and oxygen atoms in total. The Kier molecular flexibility index (Phi) is 4.56. The number of anilines is 3. The molecule has 0 aliphatic carbocycles. The number of hydrogen-bond donors (Lipinski definition) is 4. The van der Waals surface area contributed by atoms with Crippen molar-refractivity contribution in [2.45, 2.75) is 57.2 Å². The number of aromatic nitrogens is 5. The van der Waals surface area contributed by atoms with E-state index in [1.54, 1.807) is 0 Å². The molecule has 0 aromatic carbocycles. The fraction of sp³-hybridized carbons (Fsp3) is 0.500. The fourth-order valence-electron chi connectivity index (χ4n) is 4.82. The summed E-state index contributed by atoms with van der Waals surface area (Å²) in [7, 11) is 0. The lowest BCUT2D eigenvalue weighted by Gasteiger charge is -2.38. The number of H-pyrrole nitrogens is 2. The highest BCUT2D eigenvalue weighted by atomic mass is 15.3. The van der Waals surface area contributed by atoms with Crippen LogP contribution < -0.4 is 10.6 Å². The lowest BCUT2D eigenvalue weighted by molar-refractivity contribution is 0.135. The molecule has 1 unspecified atom stereocenters. The molecule has 5 heterocycles. The predicted molar refractivity (Wildman–Crippen MR) is 111 cm³/mol. The van der Waals surface area contributed by atoms with Gasteiger partial charge in [0.15, 0.2) is 5.82 Å². The average Bonchev–Trinajstić information content (AvgIpc) is 3.39. The normalized spacial score (nSPS) is 23.9. The van der Waals surface area contributed by atoms with Crippen LogP contribution >= 0.6 is 0 Å². The number of nitriles is 1. The molecule has 3 aromatic heterocycles. The zero-order valence-electron chi connectivity index (χ0n) is 16.4. The smallest absolute Gasteiger partial charge is 0.226 e. The van der Waals surface area contributed by atoms with Crippen molar-refractivity contribution in [3.63, 3.8) is 0 Å². The van der Waals surface area contributed by atoms with E-state index >= 15 is 0 Å². The second-order valence-electron chi connectivity index (χ2n) is 8.04. The number of nitrogens with one attached hydrogen (secondary N) is 4. The van der Waals surface area contributed by atoms with Gasteiger partial charge < -0.3 is 15.6 Å². The number of rotatable bonds is 6. The van der Waals surface area contributed by atoms with Crippen LogP contribution in [-0.2, 0) is 0 Å². The minimum atomic E-state index is 0.346. The van der Waals surface area contributed by atoms with E-state index in [2.05, 4.69) is 41.8 Å². The average molecular weight is 391 g/mol. The molecule has 2 bridgehead atoms. The van der Waals surface area contributed by atoms with Crippen LogP contribution in [0.3, 0.4) is 0 Å². The van der Waals surface area contributed by atoms with E-state index in [-0.39, 0.29) is 0 Å². The van der Waals surface area contributed by atoms with E-state index in [0.29, 0.717) is 30.5 Å². The minimum absolute atomic E-state index is 0.346. The van der Waals surface area contributed by atoms with Gasteiger partial charge in [0.25, 0.3) is 0 Å². The molecule has 2 aliphatic heterocycles. The largest absolute Gasteiger partial charge is 0.351 e. The Morgan fingerprint density at radius 2 is 2.10 bits per heavy atom. The molecule has 29 heavy (non-hydrogen) atoms. The van der Waals surface area contributed by atoms with E-state index in [9.17, 15) is 0 Å². The molecule has 0 spiro atoms. The lowest BCUT2D eigenvalue weighted by atomic mass is 9.97. The third kappa shape index (κ3) is 3.51. The molecule has 2 aliphatic rings. The van der Waals surface area contributed by atoms with Crippen molar-refractivity contribution < 1.29 is 0 Å². The Morgan fingerprint density at radius 1 is 1.28 bits per heavy atom. The highest BCUT2D eigenvalue weighted by molar-refractivity contribution is 5.89. The van der Waals surface area contributed by atoms with Gasteiger partial charge >= 0.3 is 0 Å². The van der Waals surface area contributed by atoms with Crippen molar-refractivity contribution in [1.82, 2.24) is 30.0 Å². The summed E-state index contributed by atoms with van der Waals surface area (Å²) >= 11 is 0. The van der Waals surface area contributed by atoms with Crippen molar-refractivity contribution in [1.29, 1.82) is 5.26 Å². The molecule has 150 valence electrons. The molecule has 4 N–H and O–H groups in total. The Morgan fingerprint density at radius 3 is 2.83 bits per heavy atom. The third-order valence-electron chi connectivity index (χ3n) is 6.07. The van der Waals surface area contributed by atoms with Gasteiger partial charge in [-0.3, -0.25) is 10.00 Å². The molecule has 0 saturated carbocycles. The van der Waals surface area contributed by atoms with E-state index < -0.39 is 0 Å². The van der Waals surface area contributed by atoms with E-state index in [1.165, 1.54) is 12.8 Å². The summed E-state index contributed by atoms with van der Waals surface area (Å²) in [6.45, 7) is 2.86. The van der Waals surface area contributed by atoms with Crippen LogP contribution in [0.15, 0.2) is 18.3 Å². The number of piperidine rings is 1. The molecule has 3 atom stereocenters. The quantitative estimate of drug-likeness (QED) is 0.509. The zero-order chi connectivity index (χ0) is 19.8. The zero-order valence-corrected chi connectivity index (χ0v) is 16.4. The second-order valence-corrected chi connectivity index (χ2v) is 8.04. The van der Waals surface area contributed by atoms with Crippen LogP contribution in [0.2, 0.25) is 0 Å². The molecule has 2 fully saturated rings. The fourth-order valence-corrected chi connectivity index (χ4v) is 4.82. The summed E-state index contributed by atoms with van der Waals surface area (Å²) in [5.74, 6) is 2.10. The lowest BCUT2D eigenvalue weighted by Crippen LogP contribution is -2.47. The highest BCUT2D eigenvalue weighted by Crippen LogP contribution is 2.37. The molecule has 2 saturated heterocycles. The van der Waals surface area contributed by atoms with Gasteiger partial charge in [0, 0.05) is 49.0 Å². The summed E-state index contributed by atoms with van der Waals surface area (Å²) < 4.78 is 0. The van der Waals surface area contributed by atoms with Crippen LogP contribution in [0, 0.1) is 18.3 Å². The third-order valence-corrected chi connectivity index (χ3v) is 6.07. The Hall–Kier alpha value is -3.12. The van der Waals surface area contributed by atoms with Gasteiger partial charge in [-0.25, -0.2) is 0 Å². The summed E-state index contributed by atoms with van der Waals surface area (Å²) in [5, 5.41) is 23.9. The molecule has 5 rings (SSSR count). The Bertz CT molecular complexity index is 1030. The van der Waals surface area contributed by atoms with Crippen molar-refractivity contribution >= 4 is 28.6 Å². The van der Waals surface area contributed by atoms with E-state index in [4.69, 9.17) is 10.2 Å². The monoisotopic (exact) mass is 391 g/mol. The molecular weight excluding hydrogens is 366 g/mol. The predicted octanol–water partition coefficient (Wildman–Crippen LogP) is 3.05. The van der Waals surface area contributed by atoms with Crippen LogP contribution in [-0.4, -0.2) is 54.7 Å². The summed E-state index contributed by atoms with van der Waals surface area (Å²) in [5.41, 5.74) is 1.79. The second kappa shape index (κ2) is 7.37. The van der Waals surface area contributed by atoms with E-state index in [0.717, 1.165) is 47.7 Å². The van der Waals surface area contributed by atoms with Crippen LogP contribution in [0.4, 0.5) is 17.6 Å². The maximum atomic E-state index is 8.92. The topological polar surface area (TPSA) is 121 Å². The number of fused-ring (bicyclic) bond motifs is 3. The molecule has 0 radical (unpaired) electrons. The first kappa shape index (κ1) is 17.9. The number of aromatic amines is 2. The van der Waals surface area contributed by atoms with Gasteiger partial charge in [-0.05, 0) is 38.7 Å². The molecule has 0 amide bonds. The van der Waals surface area contributed by atoms with Crippen LogP contribution in [0.25, 0.3) is 11.0 Å². The van der Waals surface area contributed by atoms with Crippen LogP contribution in [0.1, 0.15) is 37.8 Å². The summed E-state index contributed by atoms with van der Waals surface area (Å²) in [4.78, 5) is 15.1. The maximum absolute atomic E-state index is 8.92. The number of nitrogens with zero attached hydrogens (tertiary/aromatic N) is 5. The Balaban J connectivity index is 1.34. The van der Waals surface area contributed by atoms with Gasteiger partial charge in [0.1, 0.15) is 11.5 Å². The van der Waals surface area contributed by atoms with Gasteiger partial charge in [-0.2, -0.15) is 20.3 Å². The Labute approximate surface area is 168 Å². The summed E-state index contributed by atoms with van der Waals surface area (Å²) in [6, 6.07) is 7.65. The molecule has 9 heteroatoms. The first-order valence-corrected chi connectivity index (χ1v) is 10.2. The highest BCUT2D eigenvalue weighted by Gasteiger charge is 2.40. The van der Waals surface area contributed by atoms with Gasteiger partial charge in [0.2, 0.25) is 5.95 Å². The van der Waals surface area contributed by atoms with Gasteiger partial charge in [-0.1, -0.05) is 0 Å². The SMILES string of the molecule is Cc1cc(Nc2nc(N[C@@H]3CC4CC[C@@H](C3)N4CCC#N)nc3[nH]ccc23)n[nH]1. The standard InChI is InChI=1S/C20H25N9/c1-12-9-17(28-27-12)24-19-16-5-7-22-18(16)25-20(26-19)23-13-10-14-3-4-15(11-13)29(14)8-2-6-21/h5,7,9,13-15H,2-4,8,10-11H2,1H3,(H4,22,23,24,25,26,27,28)/t13-,14-,15?/m0/s1. The maximum Gasteiger partial charge on any atom is 0.226 e. The van der Waals surface area contributed by atoms with Crippen LogP contribution in [0.5, 0.6) is 0 Å². The van der Waals surface area contributed by atoms with Crippen molar-refractivity contribution in [3.05, 3.63) is 24.0 Å². The molecular formula is C20H25N9. The minimum Gasteiger partial charge on any atom is -0.351 e. The first-order valence-electron chi connectivity index (χ1n) is 10.2. The van der Waals surface area contributed by atoms with Gasteiger partial charge in [0.05, 0.1) is 11.5 Å². The van der Waals surface area contributed by atoms with Crippen molar-refractivity contribution in [2.24, 2.45) is 0 Å². The first-order chi connectivity index (χ1) is 14.2. The van der Waals surface area contributed by atoms with Crippen molar-refractivity contribution in [3.8, 4) is 6.07 Å².